The van der Waals surface area contributed by atoms with Crippen molar-refractivity contribution in [1.82, 2.24) is 10.6 Å². The Hall–Kier alpha value is -2.71. The summed E-state index contributed by atoms with van der Waals surface area (Å²) in [4.78, 5) is 35.5. The van der Waals surface area contributed by atoms with Crippen molar-refractivity contribution in [2.45, 2.75) is 64.3 Å². The topological polar surface area (TPSA) is 122 Å². The standard InChI is InChI=1S/C20H29F2N3O4/c1-2-3-4-5-6-7-19(28)25-17(12-18(23)27)20(29)24-9-8-14-15(21)10-13(26)11-16(14)22/h10-11,17,26H,2-9,12H2,1H3,(H2,23,27)(H,24,29)(H,25,28)/t17-/m1/s1. The molecule has 162 valence electrons. The fourth-order valence-corrected chi connectivity index (χ4v) is 2.83. The van der Waals surface area contributed by atoms with Gasteiger partial charge in [-0.25, -0.2) is 8.78 Å². The van der Waals surface area contributed by atoms with E-state index in [1.54, 1.807) is 0 Å². The minimum Gasteiger partial charge on any atom is -0.508 e. The number of hydrogen-bond donors (Lipinski definition) is 4. The van der Waals surface area contributed by atoms with Gasteiger partial charge in [0.1, 0.15) is 23.4 Å². The van der Waals surface area contributed by atoms with Crippen LogP contribution >= 0.6 is 0 Å². The van der Waals surface area contributed by atoms with Gasteiger partial charge in [0.05, 0.1) is 6.42 Å². The number of benzene rings is 1. The Labute approximate surface area is 169 Å². The van der Waals surface area contributed by atoms with Crippen molar-refractivity contribution in [3.63, 3.8) is 0 Å². The van der Waals surface area contributed by atoms with E-state index in [2.05, 4.69) is 17.6 Å². The second-order valence-corrected chi connectivity index (χ2v) is 6.88. The summed E-state index contributed by atoms with van der Waals surface area (Å²) < 4.78 is 27.4. The Bertz CT molecular complexity index is 690. The highest BCUT2D eigenvalue weighted by Gasteiger charge is 2.22. The Kier molecular flexibility index (Phi) is 10.6. The van der Waals surface area contributed by atoms with Crippen LogP contribution in [0.15, 0.2) is 12.1 Å². The highest BCUT2D eigenvalue weighted by Crippen LogP contribution is 2.19. The van der Waals surface area contributed by atoms with Crippen molar-refractivity contribution in [2.24, 2.45) is 5.73 Å². The zero-order chi connectivity index (χ0) is 21.8. The Morgan fingerprint density at radius 3 is 2.31 bits per heavy atom. The highest BCUT2D eigenvalue weighted by molar-refractivity contribution is 5.91. The summed E-state index contributed by atoms with van der Waals surface area (Å²) in [7, 11) is 0. The molecular weight excluding hydrogens is 384 g/mol. The lowest BCUT2D eigenvalue weighted by Gasteiger charge is -2.17. The maximum Gasteiger partial charge on any atom is 0.243 e. The van der Waals surface area contributed by atoms with Gasteiger partial charge in [0.15, 0.2) is 0 Å². The van der Waals surface area contributed by atoms with Gasteiger partial charge in [0.2, 0.25) is 17.7 Å². The highest BCUT2D eigenvalue weighted by atomic mass is 19.1. The smallest absolute Gasteiger partial charge is 0.243 e. The van der Waals surface area contributed by atoms with Crippen LogP contribution in [0.2, 0.25) is 0 Å². The van der Waals surface area contributed by atoms with E-state index in [-0.39, 0.29) is 37.3 Å². The first kappa shape index (κ1) is 24.3. The van der Waals surface area contributed by atoms with Crippen LogP contribution in [0.3, 0.4) is 0 Å². The van der Waals surface area contributed by atoms with E-state index in [4.69, 9.17) is 10.8 Å². The molecule has 5 N–H and O–H groups in total. The average Bonchev–Trinajstić information content (AvgIpc) is 2.62. The molecule has 0 saturated heterocycles. The normalized spacial score (nSPS) is 11.7. The van der Waals surface area contributed by atoms with Gasteiger partial charge >= 0.3 is 0 Å². The number of primary amides is 1. The van der Waals surface area contributed by atoms with Gasteiger partial charge in [-0.2, -0.15) is 0 Å². The molecule has 0 aliphatic heterocycles. The third-order valence-corrected chi connectivity index (χ3v) is 4.36. The Balaban J connectivity index is 2.54. The van der Waals surface area contributed by atoms with Crippen molar-refractivity contribution >= 4 is 17.7 Å². The molecule has 1 rings (SSSR count). The van der Waals surface area contributed by atoms with Crippen molar-refractivity contribution in [3.05, 3.63) is 29.3 Å². The number of nitrogens with two attached hydrogens (primary N) is 1. The van der Waals surface area contributed by atoms with Gasteiger partial charge in [-0.05, 0) is 12.8 Å². The SMILES string of the molecule is CCCCCCCC(=O)N[C@H](CC(N)=O)C(=O)NCCc1c(F)cc(O)cc1F. The first-order chi connectivity index (χ1) is 13.7. The summed E-state index contributed by atoms with van der Waals surface area (Å²) in [5.41, 5.74) is 4.86. The predicted octanol–water partition coefficient (Wildman–Crippen LogP) is 2.05. The first-order valence-corrected chi connectivity index (χ1v) is 9.76. The summed E-state index contributed by atoms with van der Waals surface area (Å²) >= 11 is 0. The molecule has 7 nitrogen and oxygen atoms in total. The molecule has 0 aromatic heterocycles. The van der Waals surface area contributed by atoms with Gasteiger partial charge in [-0.1, -0.05) is 32.6 Å². The molecular formula is C20H29F2N3O4. The molecule has 0 spiro atoms. The number of phenolic OH excluding ortho intramolecular Hbond substituents is 1. The number of unbranched alkanes of at least 4 members (excludes halogenated alkanes) is 4. The van der Waals surface area contributed by atoms with E-state index in [1.807, 2.05) is 0 Å². The fourth-order valence-electron chi connectivity index (χ4n) is 2.83. The van der Waals surface area contributed by atoms with Crippen LogP contribution in [-0.4, -0.2) is 35.4 Å². The average molecular weight is 413 g/mol. The number of halogens is 2. The van der Waals surface area contributed by atoms with E-state index in [0.29, 0.717) is 6.42 Å². The molecule has 0 saturated carbocycles. The molecule has 3 amide bonds. The van der Waals surface area contributed by atoms with E-state index in [0.717, 1.165) is 37.8 Å². The maximum atomic E-state index is 13.7. The molecule has 9 heteroatoms. The predicted molar refractivity (Wildman–Crippen MR) is 104 cm³/mol. The minimum absolute atomic E-state index is 0.125. The van der Waals surface area contributed by atoms with Crippen molar-refractivity contribution in [3.8, 4) is 5.75 Å². The molecule has 0 aliphatic carbocycles. The second-order valence-electron chi connectivity index (χ2n) is 6.88. The Morgan fingerprint density at radius 1 is 1.10 bits per heavy atom. The molecule has 0 aliphatic rings. The lowest BCUT2D eigenvalue weighted by molar-refractivity contribution is -0.131. The summed E-state index contributed by atoms with van der Waals surface area (Å²) in [6.45, 7) is 1.96. The maximum absolute atomic E-state index is 13.7. The summed E-state index contributed by atoms with van der Waals surface area (Å²) in [6, 6.07) is 0.401. The van der Waals surface area contributed by atoms with Gasteiger partial charge < -0.3 is 21.5 Å². The van der Waals surface area contributed by atoms with E-state index in [1.165, 1.54) is 0 Å². The van der Waals surface area contributed by atoms with Gasteiger partial charge in [0.25, 0.3) is 0 Å². The monoisotopic (exact) mass is 413 g/mol. The van der Waals surface area contributed by atoms with Crippen LogP contribution in [0.4, 0.5) is 8.78 Å². The number of phenols is 1. The molecule has 0 radical (unpaired) electrons. The number of amides is 3. The van der Waals surface area contributed by atoms with E-state index in [9.17, 15) is 23.2 Å². The quantitative estimate of drug-likeness (QED) is 0.370. The number of carbonyl (C=O) groups is 3. The molecule has 0 fully saturated rings. The zero-order valence-corrected chi connectivity index (χ0v) is 16.6. The van der Waals surface area contributed by atoms with E-state index < -0.39 is 35.2 Å². The number of carbonyl (C=O) groups excluding carboxylic acids is 3. The summed E-state index contributed by atoms with van der Waals surface area (Å²) in [5, 5.41) is 14.1. The zero-order valence-electron chi connectivity index (χ0n) is 16.6. The number of hydrogen-bond acceptors (Lipinski definition) is 4. The molecule has 0 unspecified atom stereocenters. The minimum atomic E-state index is -1.15. The molecule has 29 heavy (non-hydrogen) atoms. The number of aromatic hydroxyl groups is 1. The molecule has 1 aromatic carbocycles. The van der Waals surface area contributed by atoms with Crippen LogP contribution in [0.5, 0.6) is 5.75 Å². The third kappa shape index (κ3) is 9.36. The van der Waals surface area contributed by atoms with Gasteiger partial charge in [-0.15, -0.1) is 0 Å². The van der Waals surface area contributed by atoms with E-state index >= 15 is 0 Å². The van der Waals surface area contributed by atoms with Gasteiger partial charge in [-0.3, -0.25) is 14.4 Å². The van der Waals surface area contributed by atoms with Crippen LogP contribution in [0.25, 0.3) is 0 Å². The molecule has 0 heterocycles. The molecule has 1 atom stereocenters. The first-order valence-electron chi connectivity index (χ1n) is 9.76. The van der Waals surface area contributed by atoms with Crippen molar-refractivity contribution in [1.29, 1.82) is 0 Å². The summed E-state index contributed by atoms with van der Waals surface area (Å²) in [6.07, 6.45) is 4.47. The van der Waals surface area contributed by atoms with Crippen LogP contribution in [0, 0.1) is 11.6 Å². The van der Waals surface area contributed by atoms with Gasteiger partial charge in [0, 0.05) is 30.7 Å². The van der Waals surface area contributed by atoms with Crippen LogP contribution < -0.4 is 16.4 Å². The summed E-state index contributed by atoms with van der Waals surface area (Å²) in [5.74, 6) is -4.18. The molecule has 1 aromatic rings. The lowest BCUT2D eigenvalue weighted by atomic mass is 10.1. The van der Waals surface area contributed by atoms with Crippen molar-refractivity contribution in [2.75, 3.05) is 6.54 Å². The Morgan fingerprint density at radius 2 is 1.72 bits per heavy atom. The second kappa shape index (κ2) is 12.7. The molecule has 0 bridgehead atoms. The fraction of sp³-hybridized carbons (Fsp3) is 0.550. The lowest BCUT2D eigenvalue weighted by Crippen LogP contribution is -2.49. The van der Waals surface area contributed by atoms with Crippen LogP contribution in [-0.2, 0) is 20.8 Å². The largest absolute Gasteiger partial charge is 0.508 e. The number of nitrogens with one attached hydrogen (secondary N) is 2. The van der Waals surface area contributed by atoms with Crippen molar-refractivity contribution < 1.29 is 28.3 Å². The third-order valence-electron chi connectivity index (χ3n) is 4.36. The van der Waals surface area contributed by atoms with Crippen LogP contribution in [0.1, 0.15) is 57.4 Å². The number of rotatable bonds is 13.